The summed E-state index contributed by atoms with van der Waals surface area (Å²) in [6.07, 6.45) is 2.89. The summed E-state index contributed by atoms with van der Waals surface area (Å²) in [6, 6.07) is 13.1. The van der Waals surface area contributed by atoms with E-state index in [1.807, 2.05) is 18.2 Å². The predicted molar refractivity (Wildman–Crippen MR) is 93.7 cm³/mol. The van der Waals surface area contributed by atoms with Crippen LogP contribution in [-0.2, 0) is 24.3 Å². The molecule has 2 aromatic carbocycles. The zero-order chi connectivity index (χ0) is 18.7. The highest BCUT2D eigenvalue weighted by molar-refractivity contribution is 5.77. The highest BCUT2D eigenvalue weighted by Crippen LogP contribution is 2.36. The van der Waals surface area contributed by atoms with Crippen molar-refractivity contribution in [1.29, 1.82) is 15.8 Å². The van der Waals surface area contributed by atoms with Crippen LogP contribution in [-0.4, -0.2) is 10.8 Å². The maximum atomic E-state index is 11.1. The van der Waals surface area contributed by atoms with E-state index in [1.54, 1.807) is 23.1 Å². The zero-order valence-corrected chi connectivity index (χ0v) is 14.0. The van der Waals surface area contributed by atoms with Crippen molar-refractivity contribution in [3.63, 3.8) is 0 Å². The molecular weight excluding hydrogens is 326 g/mol. The molecule has 2 N–H and O–H groups in total. The number of carbonyl (C=O) groups excluding carboxylic acids is 1. The fraction of sp³-hybridized carbons (Fsp3) is 0.200. The van der Waals surface area contributed by atoms with E-state index in [4.69, 9.17) is 11.0 Å². The molecule has 0 saturated carbocycles. The lowest BCUT2D eigenvalue weighted by Gasteiger charge is -2.13. The van der Waals surface area contributed by atoms with E-state index in [0.717, 1.165) is 27.8 Å². The Morgan fingerprint density at radius 1 is 1.08 bits per heavy atom. The molecule has 0 unspecified atom stereocenters. The Kier molecular flexibility index (Phi) is 4.56. The van der Waals surface area contributed by atoms with Crippen molar-refractivity contribution in [1.82, 2.24) is 4.90 Å². The van der Waals surface area contributed by atoms with Crippen LogP contribution >= 0.6 is 0 Å². The molecular formula is C20H15N5O. The van der Waals surface area contributed by atoms with Crippen molar-refractivity contribution in [2.24, 2.45) is 5.73 Å². The lowest BCUT2D eigenvalue weighted by molar-refractivity contribution is -0.117. The van der Waals surface area contributed by atoms with Gasteiger partial charge in [0.1, 0.15) is 0 Å². The summed E-state index contributed by atoms with van der Waals surface area (Å²) in [7, 11) is 0. The van der Waals surface area contributed by atoms with E-state index >= 15 is 0 Å². The van der Waals surface area contributed by atoms with Crippen molar-refractivity contribution in [3.05, 3.63) is 58.1 Å². The molecule has 126 valence electrons. The molecule has 26 heavy (non-hydrogen) atoms. The number of hydrogen-bond donors (Lipinski definition) is 1. The number of hydrogen-bond acceptors (Lipinski definition) is 5. The van der Waals surface area contributed by atoms with E-state index in [-0.39, 0.29) is 12.3 Å². The number of benzene rings is 2. The number of rotatable bonds is 4. The molecule has 6 heteroatoms. The third kappa shape index (κ3) is 3.20. The summed E-state index contributed by atoms with van der Waals surface area (Å²) in [5.41, 5.74) is 10.6. The molecule has 1 amide bonds. The Balaban J connectivity index is 2.15. The highest BCUT2D eigenvalue weighted by atomic mass is 16.1. The van der Waals surface area contributed by atoms with Gasteiger partial charge in [0.2, 0.25) is 5.91 Å². The van der Waals surface area contributed by atoms with Crippen molar-refractivity contribution in [3.8, 4) is 29.5 Å². The van der Waals surface area contributed by atoms with Crippen LogP contribution in [0.4, 0.5) is 0 Å². The Bertz CT molecular complexity index is 1020. The van der Waals surface area contributed by atoms with Crippen LogP contribution in [0.15, 0.2) is 30.3 Å². The molecule has 0 radical (unpaired) electrons. The monoisotopic (exact) mass is 341 g/mol. The van der Waals surface area contributed by atoms with E-state index in [9.17, 15) is 15.3 Å². The van der Waals surface area contributed by atoms with Gasteiger partial charge in [0, 0.05) is 6.42 Å². The number of nitrogens with two attached hydrogens (primary N) is 1. The molecule has 0 aromatic heterocycles. The van der Waals surface area contributed by atoms with Gasteiger partial charge >= 0.3 is 0 Å². The second kappa shape index (κ2) is 6.97. The normalized spacial score (nSPS) is 12.0. The van der Waals surface area contributed by atoms with Crippen molar-refractivity contribution in [2.45, 2.75) is 25.9 Å². The molecule has 2 aromatic rings. The van der Waals surface area contributed by atoms with Gasteiger partial charge in [-0.1, -0.05) is 18.2 Å². The summed E-state index contributed by atoms with van der Waals surface area (Å²) < 4.78 is 0. The fourth-order valence-electron chi connectivity index (χ4n) is 3.24. The SMILES string of the molecule is N#Cc1ccc(-c2cc(CCC(N)=O)cc3c2CN(C#N)C3)c(C#N)c1. The first-order valence-corrected chi connectivity index (χ1v) is 8.08. The number of carbonyl (C=O) groups is 1. The third-order valence-electron chi connectivity index (χ3n) is 4.47. The van der Waals surface area contributed by atoms with E-state index in [0.29, 0.717) is 30.6 Å². The number of nitrogens with zero attached hydrogens (tertiary/aromatic N) is 4. The number of aryl methyl sites for hydroxylation is 1. The van der Waals surface area contributed by atoms with Crippen LogP contribution in [0, 0.1) is 34.1 Å². The van der Waals surface area contributed by atoms with Gasteiger partial charge in [-0.05, 0) is 46.4 Å². The maximum absolute atomic E-state index is 11.1. The Morgan fingerprint density at radius 3 is 2.54 bits per heavy atom. The molecule has 0 bridgehead atoms. The lowest BCUT2D eigenvalue weighted by atomic mass is 9.90. The van der Waals surface area contributed by atoms with Gasteiger partial charge in [0.05, 0.1) is 36.4 Å². The largest absolute Gasteiger partial charge is 0.370 e. The smallest absolute Gasteiger partial charge is 0.217 e. The van der Waals surface area contributed by atoms with Crippen LogP contribution in [0.25, 0.3) is 11.1 Å². The van der Waals surface area contributed by atoms with Gasteiger partial charge < -0.3 is 10.6 Å². The Hall–Kier alpha value is -3.82. The van der Waals surface area contributed by atoms with Crippen molar-refractivity contribution < 1.29 is 4.79 Å². The minimum Gasteiger partial charge on any atom is -0.370 e. The first-order valence-electron chi connectivity index (χ1n) is 8.08. The molecule has 1 heterocycles. The number of amides is 1. The van der Waals surface area contributed by atoms with Crippen LogP contribution in [0.2, 0.25) is 0 Å². The third-order valence-corrected chi connectivity index (χ3v) is 4.47. The summed E-state index contributed by atoms with van der Waals surface area (Å²) in [6.45, 7) is 0.976. The highest BCUT2D eigenvalue weighted by Gasteiger charge is 2.23. The van der Waals surface area contributed by atoms with Crippen LogP contribution < -0.4 is 5.73 Å². The van der Waals surface area contributed by atoms with Crippen molar-refractivity contribution in [2.75, 3.05) is 0 Å². The number of primary amides is 1. The molecule has 0 atom stereocenters. The van der Waals surface area contributed by atoms with Crippen molar-refractivity contribution >= 4 is 5.91 Å². The number of fused-ring (bicyclic) bond motifs is 1. The lowest BCUT2D eigenvalue weighted by Crippen LogP contribution is -2.11. The molecule has 0 fully saturated rings. The van der Waals surface area contributed by atoms with Gasteiger partial charge in [-0.2, -0.15) is 15.8 Å². The molecule has 0 aliphatic carbocycles. The van der Waals surface area contributed by atoms with E-state index < -0.39 is 0 Å². The first kappa shape index (κ1) is 17.0. The van der Waals surface area contributed by atoms with E-state index in [1.165, 1.54) is 0 Å². The average molecular weight is 341 g/mol. The summed E-state index contributed by atoms with van der Waals surface area (Å²) in [5, 5.41) is 27.8. The maximum Gasteiger partial charge on any atom is 0.217 e. The summed E-state index contributed by atoms with van der Waals surface area (Å²) >= 11 is 0. The van der Waals surface area contributed by atoms with Gasteiger partial charge in [-0.3, -0.25) is 4.79 Å². The quantitative estimate of drug-likeness (QED) is 0.856. The number of nitriles is 3. The molecule has 6 nitrogen and oxygen atoms in total. The van der Waals surface area contributed by atoms with Gasteiger partial charge in [-0.25, -0.2) is 0 Å². The second-order valence-corrected chi connectivity index (χ2v) is 6.19. The molecule has 3 rings (SSSR count). The van der Waals surface area contributed by atoms with Crippen LogP contribution in [0.5, 0.6) is 0 Å². The predicted octanol–water partition coefficient (Wildman–Crippen LogP) is 2.31. The molecule has 0 saturated heterocycles. The van der Waals surface area contributed by atoms with Gasteiger partial charge in [0.25, 0.3) is 0 Å². The zero-order valence-electron chi connectivity index (χ0n) is 14.0. The second-order valence-electron chi connectivity index (χ2n) is 6.19. The molecule has 1 aliphatic heterocycles. The average Bonchev–Trinajstić information content (AvgIpc) is 3.08. The van der Waals surface area contributed by atoms with Gasteiger partial charge in [-0.15, -0.1) is 0 Å². The standard InChI is InChI=1S/C20H15N5O/c21-8-14-1-3-17(15(6-14)9-22)18-7-13(2-4-20(24)26)5-16-10-25(12-23)11-19(16)18/h1,3,5-7H,2,4,10-11H2,(H2,24,26). The van der Waals surface area contributed by atoms with Crippen LogP contribution in [0.3, 0.4) is 0 Å². The summed E-state index contributed by atoms with van der Waals surface area (Å²) in [4.78, 5) is 12.8. The molecule has 1 aliphatic rings. The Labute approximate surface area is 151 Å². The Morgan fingerprint density at radius 2 is 1.88 bits per heavy atom. The summed E-state index contributed by atoms with van der Waals surface area (Å²) in [5.74, 6) is -0.373. The van der Waals surface area contributed by atoms with Gasteiger partial charge in [0.15, 0.2) is 6.19 Å². The first-order chi connectivity index (χ1) is 12.5. The minimum absolute atomic E-state index is 0.235. The minimum atomic E-state index is -0.373. The van der Waals surface area contributed by atoms with E-state index in [2.05, 4.69) is 12.3 Å². The topological polar surface area (TPSA) is 118 Å². The molecule has 0 spiro atoms. The van der Waals surface area contributed by atoms with Crippen LogP contribution in [0.1, 0.15) is 34.2 Å². The fourth-order valence-corrected chi connectivity index (χ4v) is 3.24.